The summed E-state index contributed by atoms with van der Waals surface area (Å²) in [5.41, 5.74) is -4.21. The van der Waals surface area contributed by atoms with Crippen molar-refractivity contribution in [2.45, 2.75) is 180 Å². The van der Waals surface area contributed by atoms with Gasteiger partial charge in [0.1, 0.15) is 17.3 Å². The first-order valence-corrected chi connectivity index (χ1v) is 19.9. The highest BCUT2D eigenvalue weighted by molar-refractivity contribution is 5.73. The van der Waals surface area contributed by atoms with Crippen LogP contribution in [-0.4, -0.2) is 157 Å². The number of hydrogen-bond acceptors (Lipinski definition) is 14. The molecule has 0 saturated carbocycles. The van der Waals surface area contributed by atoms with E-state index in [0.29, 0.717) is 13.0 Å². The van der Waals surface area contributed by atoms with Crippen LogP contribution in [0.2, 0.25) is 0 Å². The number of ether oxygens (including phenoxy) is 7. The predicted octanol–water partition coefficient (Wildman–Crippen LogP) is 3.36. The molecule has 54 heavy (non-hydrogen) atoms. The SMILES string of the molecule is CC[C@H]1OC(=O)[C@H](C)[C@H](OC2C[C@@](C)(OC)[C@@H](OC(C)=O)[C@H](C)O2)[C@H](C)[C@@H](OC2O[C@H](C)C[C@H](N(C)C)[C@H]2C)[C@](C)(O)C[C@@H](C)CN(C)C[C@@H](O)[C@]1(C)O. The van der Waals surface area contributed by atoms with Crippen LogP contribution in [0.3, 0.4) is 0 Å². The lowest BCUT2D eigenvalue weighted by Gasteiger charge is -2.49. The Morgan fingerprint density at radius 1 is 0.963 bits per heavy atom. The van der Waals surface area contributed by atoms with Crippen molar-refractivity contribution < 1.29 is 58.1 Å². The van der Waals surface area contributed by atoms with Crippen molar-refractivity contribution in [2.24, 2.45) is 23.7 Å². The van der Waals surface area contributed by atoms with Crippen LogP contribution in [0.1, 0.15) is 102 Å². The van der Waals surface area contributed by atoms with Gasteiger partial charge in [0.05, 0.1) is 42.0 Å². The molecule has 3 N–H and O–H groups in total. The molecule has 2 unspecified atom stereocenters. The zero-order valence-electron chi connectivity index (χ0n) is 35.7. The van der Waals surface area contributed by atoms with Gasteiger partial charge in [0.15, 0.2) is 18.7 Å². The second-order valence-electron chi connectivity index (χ2n) is 17.7. The molecule has 316 valence electrons. The van der Waals surface area contributed by atoms with Gasteiger partial charge in [-0.05, 0) is 87.9 Å². The van der Waals surface area contributed by atoms with Crippen LogP contribution in [-0.2, 0) is 42.7 Å². The summed E-state index contributed by atoms with van der Waals surface area (Å²) < 4.78 is 44.2. The zero-order chi connectivity index (χ0) is 41.1. The number of nitrogens with zero attached hydrogens (tertiary/aromatic N) is 2. The van der Waals surface area contributed by atoms with Gasteiger partial charge in [-0.15, -0.1) is 0 Å². The maximum Gasteiger partial charge on any atom is 0.311 e. The van der Waals surface area contributed by atoms with E-state index >= 15 is 0 Å². The molecule has 14 nitrogen and oxygen atoms in total. The molecule has 0 amide bonds. The minimum Gasteiger partial charge on any atom is -0.459 e. The fraction of sp³-hybridized carbons (Fsp3) is 0.950. The van der Waals surface area contributed by atoms with E-state index in [1.807, 2.05) is 53.7 Å². The van der Waals surface area contributed by atoms with Crippen molar-refractivity contribution in [1.29, 1.82) is 0 Å². The number of carbonyl (C=O) groups is 2. The van der Waals surface area contributed by atoms with Crippen molar-refractivity contribution in [1.82, 2.24) is 9.80 Å². The van der Waals surface area contributed by atoms with Crippen molar-refractivity contribution in [3.8, 4) is 0 Å². The van der Waals surface area contributed by atoms with Crippen LogP contribution >= 0.6 is 0 Å². The Hall–Kier alpha value is -1.46. The van der Waals surface area contributed by atoms with E-state index in [9.17, 15) is 24.9 Å². The molecule has 0 bridgehead atoms. The zero-order valence-corrected chi connectivity index (χ0v) is 35.7. The number of methoxy groups -OCH3 is 1. The maximum absolute atomic E-state index is 14.3. The lowest BCUT2D eigenvalue weighted by Crippen LogP contribution is -2.60. The molecular formula is C40H74N2O12. The number of rotatable bonds is 8. The average Bonchev–Trinajstić information content (AvgIpc) is 3.05. The summed E-state index contributed by atoms with van der Waals surface area (Å²) >= 11 is 0. The minimum absolute atomic E-state index is 0.0571. The van der Waals surface area contributed by atoms with Gasteiger partial charge in [-0.2, -0.15) is 0 Å². The number of aliphatic hydroxyl groups excluding tert-OH is 1. The fourth-order valence-electron chi connectivity index (χ4n) is 9.17. The van der Waals surface area contributed by atoms with Crippen molar-refractivity contribution in [2.75, 3.05) is 41.3 Å². The highest BCUT2D eigenvalue weighted by Crippen LogP contribution is 2.41. The smallest absolute Gasteiger partial charge is 0.311 e. The summed E-state index contributed by atoms with van der Waals surface area (Å²) in [6.07, 6.45) is -5.66. The Bertz CT molecular complexity index is 1220. The van der Waals surface area contributed by atoms with E-state index in [1.165, 1.54) is 21.0 Å². The van der Waals surface area contributed by atoms with Gasteiger partial charge in [0, 0.05) is 51.4 Å². The molecule has 3 saturated heterocycles. The Labute approximate surface area is 324 Å². The molecule has 14 heteroatoms. The summed E-state index contributed by atoms with van der Waals surface area (Å²) in [6, 6.07) is 0.161. The third-order valence-electron chi connectivity index (χ3n) is 12.3. The van der Waals surface area contributed by atoms with Crippen LogP contribution in [0.5, 0.6) is 0 Å². The molecule has 0 radical (unpaired) electrons. The van der Waals surface area contributed by atoms with E-state index in [4.69, 9.17) is 33.2 Å². The highest BCUT2D eigenvalue weighted by atomic mass is 16.7. The van der Waals surface area contributed by atoms with Crippen molar-refractivity contribution in [3.05, 3.63) is 0 Å². The Morgan fingerprint density at radius 2 is 1.59 bits per heavy atom. The first-order chi connectivity index (χ1) is 24.9. The van der Waals surface area contributed by atoms with Crippen molar-refractivity contribution >= 4 is 11.9 Å². The van der Waals surface area contributed by atoms with Gasteiger partial charge >= 0.3 is 11.9 Å². The Morgan fingerprint density at radius 3 is 2.15 bits per heavy atom. The third kappa shape index (κ3) is 11.1. The van der Waals surface area contributed by atoms with Crippen LogP contribution < -0.4 is 0 Å². The molecule has 3 aliphatic rings. The summed E-state index contributed by atoms with van der Waals surface area (Å²) in [5, 5.41) is 35.5. The molecule has 17 atom stereocenters. The van der Waals surface area contributed by atoms with Crippen molar-refractivity contribution in [3.63, 3.8) is 0 Å². The second-order valence-corrected chi connectivity index (χ2v) is 17.7. The number of esters is 2. The molecular weight excluding hydrogens is 700 g/mol. The first-order valence-electron chi connectivity index (χ1n) is 19.9. The van der Waals surface area contributed by atoms with E-state index in [0.717, 1.165) is 6.42 Å². The van der Waals surface area contributed by atoms with E-state index in [1.54, 1.807) is 27.7 Å². The lowest BCUT2D eigenvalue weighted by atomic mass is 9.77. The maximum atomic E-state index is 14.3. The normalized spacial score (nSPS) is 46.7. The molecule has 0 aromatic rings. The third-order valence-corrected chi connectivity index (χ3v) is 12.3. The number of carbonyl (C=O) groups excluding carboxylic acids is 2. The number of β-amino-alcohol motifs (C(OH)–C–C–N with tert-alkyl or cyclic N) is 1. The molecule has 0 aromatic carbocycles. The van der Waals surface area contributed by atoms with E-state index < -0.39 is 89.8 Å². The Kier molecular flexibility index (Phi) is 16.4. The van der Waals surface area contributed by atoms with Crippen LogP contribution in [0.25, 0.3) is 0 Å². The Balaban J connectivity index is 2.16. The average molecular weight is 775 g/mol. The number of aliphatic hydroxyl groups is 3. The number of likely N-dealkylation sites (N-methyl/N-ethyl adjacent to an activating group) is 1. The van der Waals surface area contributed by atoms with Crippen LogP contribution in [0, 0.1) is 23.7 Å². The number of hydrogen-bond donors (Lipinski definition) is 3. The molecule has 0 aliphatic carbocycles. The summed E-state index contributed by atoms with van der Waals surface area (Å²) in [4.78, 5) is 30.4. The van der Waals surface area contributed by atoms with Crippen LogP contribution in [0.15, 0.2) is 0 Å². The largest absolute Gasteiger partial charge is 0.459 e. The van der Waals surface area contributed by atoms with Gasteiger partial charge in [0.25, 0.3) is 0 Å². The monoisotopic (exact) mass is 775 g/mol. The predicted molar refractivity (Wildman–Crippen MR) is 202 cm³/mol. The topological polar surface area (TPSA) is 166 Å². The lowest BCUT2D eigenvalue weighted by molar-refractivity contribution is -0.314. The molecule has 3 rings (SSSR count). The first kappa shape index (κ1) is 46.9. The quantitative estimate of drug-likeness (QED) is 0.308. The minimum atomic E-state index is -1.76. The molecule has 0 spiro atoms. The van der Waals surface area contributed by atoms with E-state index in [-0.39, 0.29) is 43.4 Å². The summed E-state index contributed by atoms with van der Waals surface area (Å²) in [6.45, 7) is 20.3. The van der Waals surface area contributed by atoms with Crippen LogP contribution in [0.4, 0.5) is 0 Å². The standard InChI is InChI=1S/C40H74N2O12/c1-16-31-40(11,47)30(44)21-42(14)20-22(2)18-38(9,46)34(54-37-24(4)29(41(12)13)17-23(3)49-37)25(5)33(26(6)36(45)52-31)53-32-19-39(10,48-15)35(27(7)50-32)51-28(8)43/h22-27,29-35,37,44,46-47H,16-21H2,1-15H3/t22-,23-,24-,25+,26-,27+,29+,30-,31-,32?,33-,34-,35+,37?,38-,39-,40+/m1/s1. The molecule has 0 aromatic heterocycles. The van der Waals surface area contributed by atoms with Gasteiger partial charge in [-0.25, -0.2) is 0 Å². The van der Waals surface area contributed by atoms with Gasteiger partial charge in [-0.3, -0.25) is 9.59 Å². The van der Waals surface area contributed by atoms with Gasteiger partial charge in [0.2, 0.25) is 0 Å². The summed E-state index contributed by atoms with van der Waals surface area (Å²) in [7, 11) is 7.47. The fourth-order valence-corrected chi connectivity index (χ4v) is 9.17. The second kappa shape index (κ2) is 18.9. The molecule has 3 fully saturated rings. The number of cyclic esters (lactones) is 1. The molecule has 3 heterocycles. The van der Waals surface area contributed by atoms with E-state index in [2.05, 4.69) is 11.8 Å². The summed E-state index contributed by atoms with van der Waals surface area (Å²) in [5.74, 6) is -2.88. The molecule has 3 aliphatic heterocycles. The van der Waals surface area contributed by atoms with Gasteiger partial charge < -0.3 is 58.3 Å². The van der Waals surface area contributed by atoms with Gasteiger partial charge in [-0.1, -0.05) is 27.7 Å². The highest BCUT2D eigenvalue weighted by Gasteiger charge is 2.53.